The van der Waals surface area contributed by atoms with Gasteiger partial charge in [0, 0.05) is 0 Å². The SMILES string of the molecule is CCOc1ccccc1OCCOc1ccccc1N. The number of nitrogens with two attached hydrogens (primary N) is 1. The molecule has 2 aromatic carbocycles. The summed E-state index contributed by atoms with van der Waals surface area (Å²) in [5.41, 5.74) is 6.42. The Balaban J connectivity index is 1.83. The van der Waals surface area contributed by atoms with E-state index in [2.05, 4.69) is 0 Å². The lowest BCUT2D eigenvalue weighted by Crippen LogP contribution is -2.10. The summed E-state index contributed by atoms with van der Waals surface area (Å²) in [5.74, 6) is 2.14. The highest BCUT2D eigenvalue weighted by atomic mass is 16.5. The Morgan fingerprint density at radius 2 is 1.25 bits per heavy atom. The maximum Gasteiger partial charge on any atom is 0.161 e. The molecule has 0 aromatic heterocycles. The molecule has 0 atom stereocenters. The normalized spacial score (nSPS) is 10.1. The fourth-order valence-corrected chi connectivity index (χ4v) is 1.76. The number of ether oxygens (including phenoxy) is 3. The molecule has 0 bridgehead atoms. The van der Waals surface area contributed by atoms with Gasteiger partial charge in [-0.15, -0.1) is 0 Å². The molecule has 0 fully saturated rings. The average molecular weight is 273 g/mol. The van der Waals surface area contributed by atoms with E-state index in [1.165, 1.54) is 0 Å². The largest absolute Gasteiger partial charge is 0.490 e. The first-order chi connectivity index (χ1) is 9.81. The van der Waals surface area contributed by atoms with Crippen LogP contribution in [0, 0.1) is 0 Å². The van der Waals surface area contributed by atoms with E-state index in [4.69, 9.17) is 19.9 Å². The molecule has 0 heterocycles. The van der Waals surface area contributed by atoms with Crippen molar-refractivity contribution >= 4 is 5.69 Å². The van der Waals surface area contributed by atoms with Crippen LogP contribution >= 0.6 is 0 Å². The van der Waals surface area contributed by atoms with Gasteiger partial charge in [-0.05, 0) is 31.2 Å². The molecule has 0 radical (unpaired) electrons. The zero-order valence-corrected chi connectivity index (χ0v) is 11.5. The molecule has 4 heteroatoms. The average Bonchev–Trinajstić information content (AvgIpc) is 2.47. The minimum atomic E-state index is 0.425. The molecule has 0 aliphatic carbocycles. The van der Waals surface area contributed by atoms with Crippen LogP contribution in [0.1, 0.15) is 6.92 Å². The van der Waals surface area contributed by atoms with Crippen LogP contribution in [0.4, 0.5) is 5.69 Å². The molecular formula is C16H19NO3. The molecule has 20 heavy (non-hydrogen) atoms. The Kier molecular flexibility index (Phi) is 5.12. The quantitative estimate of drug-likeness (QED) is 0.622. The van der Waals surface area contributed by atoms with Gasteiger partial charge in [-0.2, -0.15) is 0 Å². The van der Waals surface area contributed by atoms with Crippen molar-refractivity contribution in [2.45, 2.75) is 6.92 Å². The fourth-order valence-electron chi connectivity index (χ4n) is 1.76. The summed E-state index contributed by atoms with van der Waals surface area (Å²) in [5, 5.41) is 0. The van der Waals surface area contributed by atoms with Gasteiger partial charge in [-0.25, -0.2) is 0 Å². The third-order valence-electron chi connectivity index (χ3n) is 2.67. The van der Waals surface area contributed by atoms with Crippen molar-refractivity contribution in [3.05, 3.63) is 48.5 Å². The minimum absolute atomic E-state index is 0.425. The predicted octanol–water partition coefficient (Wildman–Crippen LogP) is 3.13. The van der Waals surface area contributed by atoms with Crippen LogP contribution in [0.25, 0.3) is 0 Å². The summed E-state index contributed by atoms with van der Waals surface area (Å²) in [7, 11) is 0. The highest BCUT2D eigenvalue weighted by Gasteiger charge is 2.03. The number of hydrogen-bond acceptors (Lipinski definition) is 4. The van der Waals surface area contributed by atoms with Gasteiger partial charge >= 0.3 is 0 Å². The topological polar surface area (TPSA) is 53.7 Å². The zero-order valence-electron chi connectivity index (χ0n) is 11.5. The van der Waals surface area contributed by atoms with E-state index in [1.54, 1.807) is 6.07 Å². The molecule has 2 aromatic rings. The van der Waals surface area contributed by atoms with Crippen molar-refractivity contribution in [1.82, 2.24) is 0 Å². The standard InChI is InChI=1S/C16H19NO3/c1-2-18-15-9-5-6-10-16(15)20-12-11-19-14-8-4-3-7-13(14)17/h3-10H,2,11-12,17H2,1H3. The summed E-state index contributed by atoms with van der Waals surface area (Å²) in [6, 6.07) is 15.0. The van der Waals surface area contributed by atoms with E-state index in [1.807, 2.05) is 49.4 Å². The van der Waals surface area contributed by atoms with Crippen molar-refractivity contribution in [3.8, 4) is 17.2 Å². The van der Waals surface area contributed by atoms with Crippen LogP contribution in [0.5, 0.6) is 17.2 Å². The van der Waals surface area contributed by atoms with Crippen LogP contribution in [0.3, 0.4) is 0 Å². The number of benzene rings is 2. The van der Waals surface area contributed by atoms with Crippen molar-refractivity contribution in [1.29, 1.82) is 0 Å². The molecule has 0 saturated heterocycles. The summed E-state index contributed by atoms with van der Waals surface area (Å²) in [6.07, 6.45) is 0. The second kappa shape index (κ2) is 7.28. The zero-order chi connectivity index (χ0) is 14.2. The second-order valence-electron chi connectivity index (χ2n) is 4.11. The maximum atomic E-state index is 5.79. The predicted molar refractivity (Wildman–Crippen MR) is 79.5 cm³/mol. The van der Waals surface area contributed by atoms with Gasteiger partial charge in [0.15, 0.2) is 11.5 Å². The van der Waals surface area contributed by atoms with Crippen molar-refractivity contribution in [2.24, 2.45) is 0 Å². The molecule has 0 aliphatic heterocycles. The Hall–Kier alpha value is -2.36. The van der Waals surface area contributed by atoms with Gasteiger partial charge < -0.3 is 19.9 Å². The first-order valence-corrected chi connectivity index (χ1v) is 6.63. The van der Waals surface area contributed by atoms with Gasteiger partial charge in [-0.1, -0.05) is 24.3 Å². The number of nitrogen functional groups attached to an aromatic ring is 1. The molecule has 0 unspecified atom stereocenters. The highest BCUT2D eigenvalue weighted by Crippen LogP contribution is 2.26. The highest BCUT2D eigenvalue weighted by molar-refractivity contribution is 5.51. The monoisotopic (exact) mass is 273 g/mol. The van der Waals surface area contributed by atoms with E-state index < -0.39 is 0 Å². The first kappa shape index (κ1) is 14.1. The van der Waals surface area contributed by atoms with Crippen LogP contribution in [0.2, 0.25) is 0 Å². The van der Waals surface area contributed by atoms with Crippen molar-refractivity contribution in [3.63, 3.8) is 0 Å². The number of anilines is 1. The Morgan fingerprint density at radius 3 is 1.85 bits per heavy atom. The number of para-hydroxylation sites is 4. The van der Waals surface area contributed by atoms with Gasteiger partial charge in [-0.3, -0.25) is 0 Å². The summed E-state index contributed by atoms with van der Waals surface area (Å²) in [6.45, 7) is 3.41. The van der Waals surface area contributed by atoms with Crippen molar-refractivity contribution < 1.29 is 14.2 Å². The first-order valence-electron chi connectivity index (χ1n) is 6.63. The Morgan fingerprint density at radius 1 is 0.750 bits per heavy atom. The molecule has 0 spiro atoms. The number of rotatable bonds is 7. The lowest BCUT2D eigenvalue weighted by atomic mass is 10.3. The van der Waals surface area contributed by atoms with Crippen LogP contribution in [0.15, 0.2) is 48.5 Å². The molecule has 0 aliphatic rings. The van der Waals surface area contributed by atoms with E-state index in [-0.39, 0.29) is 0 Å². The van der Waals surface area contributed by atoms with Gasteiger partial charge in [0.2, 0.25) is 0 Å². The van der Waals surface area contributed by atoms with E-state index in [0.29, 0.717) is 31.3 Å². The molecule has 4 nitrogen and oxygen atoms in total. The van der Waals surface area contributed by atoms with Crippen molar-refractivity contribution in [2.75, 3.05) is 25.6 Å². The Bertz CT molecular complexity index is 543. The Labute approximate surface area is 119 Å². The van der Waals surface area contributed by atoms with E-state index in [9.17, 15) is 0 Å². The van der Waals surface area contributed by atoms with Gasteiger partial charge in [0.25, 0.3) is 0 Å². The molecule has 0 saturated carbocycles. The lowest BCUT2D eigenvalue weighted by Gasteiger charge is -2.12. The molecule has 106 valence electrons. The van der Waals surface area contributed by atoms with E-state index >= 15 is 0 Å². The van der Waals surface area contributed by atoms with Crippen LogP contribution in [-0.4, -0.2) is 19.8 Å². The third-order valence-corrected chi connectivity index (χ3v) is 2.67. The maximum absolute atomic E-state index is 5.79. The smallest absolute Gasteiger partial charge is 0.161 e. The minimum Gasteiger partial charge on any atom is -0.490 e. The number of hydrogen-bond donors (Lipinski definition) is 1. The molecule has 0 amide bonds. The van der Waals surface area contributed by atoms with Gasteiger partial charge in [0.1, 0.15) is 19.0 Å². The molecule has 2 N–H and O–H groups in total. The molecule has 2 rings (SSSR count). The van der Waals surface area contributed by atoms with Crippen LogP contribution in [-0.2, 0) is 0 Å². The second-order valence-corrected chi connectivity index (χ2v) is 4.11. The lowest BCUT2D eigenvalue weighted by molar-refractivity contribution is 0.209. The van der Waals surface area contributed by atoms with E-state index in [0.717, 1.165) is 11.5 Å². The molecular weight excluding hydrogens is 254 g/mol. The fraction of sp³-hybridized carbons (Fsp3) is 0.250. The summed E-state index contributed by atoms with van der Waals surface area (Å²) in [4.78, 5) is 0. The van der Waals surface area contributed by atoms with Crippen LogP contribution < -0.4 is 19.9 Å². The summed E-state index contributed by atoms with van der Waals surface area (Å²) < 4.78 is 16.7. The third kappa shape index (κ3) is 3.82. The summed E-state index contributed by atoms with van der Waals surface area (Å²) >= 11 is 0. The van der Waals surface area contributed by atoms with Gasteiger partial charge in [0.05, 0.1) is 12.3 Å².